The molecule has 6 nitrogen and oxygen atoms in total. The van der Waals surface area contributed by atoms with Crippen LogP contribution in [-0.4, -0.2) is 47.4 Å². The summed E-state index contributed by atoms with van der Waals surface area (Å²) in [6.07, 6.45) is 94.5. The summed E-state index contributed by atoms with van der Waals surface area (Å²) in [5.41, 5.74) is 0. The molecular formula is C79H155NO5. The minimum atomic E-state index is -0.662. The van der Waals surface area contributed by atoms with Crippen LogP contribution in [0.4, 0.5) is 0 Å². The Morgan fingerprint density at radius 2 is 0.553 bits per heavy atom. The van der Waals surface area contributed by atoms with Crippen molar-refractivity contribution in [2.75, 3.05) is 13.2 Å². The number of allylic oxidation sites excluding steroid dienone is 2. The number of hydrogen-bond donors (Lipinski definition) is 3. The first kappa shape index (κ1) is 83.6. The average molecular weight is 1200 g/mol. The van der Waals surface area contributed by atoms with Crippen molar-refractivity contribution in [2.24, 2.45) is 0 Å². The Labute approximate surface area is 533 Å². The minimum absolute atomic E-state index is 0.0236. The molecule has 0 aromatic heterocycles. The SMILES string of the molecule is CCCCCCCCCCCCCCCCCCCCCC(O)C(CO)NC(=O)CCCCCCCCCCCCCCCCCCC/C=C\CCCCCCCCCCCCCCCCOC(=O)CCCCCCCCCCCCCCCC. The first-order chi connectivity index (χ1) is 42.0. The second-order valence-electron chi connectivity index (χ2n) is 27.4. The van der Waals surface area contributed by atoms with Gasteiger partial charge < -0.3 is 20.3 Å². The third kappa shape index (κ3) is 71.6. The average Bonchev–Trinajstić information content (AvgIpc) is 3.51. The van der Waals surface area contributed by atoms with Crippen LogP contribution in [0, 0.1) is 0 Å². The van der Waals surface area contributed by atoms with Gasteiger partial charge in [-0.25, -0.2) is 0 Å². The lowest BCUT2D eigenvalue weighted by molar-refractivity contribution is -0.143. The first-order valence-electron chi connectivity index (χ1n) is 39.4. The Morgan fingerprint density at radius 3 is 0.835 bits per heavy atom. The molecule has 0 heterocycles. The molecule has 85 heavy (non-hydrogen) atoms. The van der Waals surface area contributed by atoms with Gasteiger partial charge in [-0.1, -0.05) is 405 Å². The van der Waals surface area contributed by atoms with Crippen LogP contribution in [0.3, 0.4) is 0 Å². The van der Waals surface area contributed by atoms with Gasteiger partial charge >= 0.3 is 5.97 Å². The molecule has 0 aliphatic carbocycles. The van der Waals surface area contributed by atoms with E-state index in [1.807, 2.05) is 0 Å². The number of ether oxygens (including phenoxy) is 1. The Kier molecular flexibility index (Phi) is 73.8. The van der Waals surface area contributed by atoms with E-state index in [1.165, 1.54) is 385 Å². The van der Waals surface area contributed by atoms with Crippen LogP contribution in [0.1, 0.15) is 457 Å². The van der Waals surface area contributed by atoms with Gasteiger partial charge in [0.15, 0.2) is 0 Å². The normalized spacial score (nSPS) is 12.5. The predicted octanol–water partition coefficient (Wildman–Crippen LogP) is 25.9. The van der Waals surface area contributed by atoms with Crippen molar-refractivity contribution in [3.05, 3.63) is 12.2 Å². The number of nitrogens with one attached hydrogen (secondary N) is 1. The third-order valence-corrected chi connectivity index (χ3v) is 18.8. The Balaban J connectivity index is 3.33. The standard InChI is InChI=1S/C79H155NO5/c1-3-5-7-9-11-13-15-17-19-20-38-41-44-47-51-55-59-63-67-71-77(82)76(75-81)80-78(83)72-68-64-60-56-52-48-45-42-39-36-34-32-30-28-26-24-22-21-23-25-27-29-31-33-35-37-40-43-46-50-54-58-62-66-70-74-85-79(84)73-69-65-61-57-53-49-18-16-14-12-10-8-6-4-2/h23,25,76-77,81-82H,3-22,24,26-75H2,1-2H3,(H,80,83)/b25-23-. The van der Waals surface area contributed by atoms with E-state index < -0.39 is 12.1 Å². The summed E-state index contributed by atoms with van der Waals surface area (Å²) >= 11 is 0. The van der Waals surface area contributed by atoms with E-state index >= 15 is 0 Å². The van der Waals surface area contributed by atoms with Crippen molar-refractivity contribution in [1.29, 1.82) is 0 Å². The summed E-state index contributed by atoms with van der Waals surface area (Å²) in [5.74, 6) is -0.00256. The highest BCUT2D eigenvalue weighted by Gasteiger charge is 2.20. The number of esters is 1. The number of carbonyl (C=O) groups is 2. The van der Waals surface area contributed by atoms with Gasteiger partial charge in [0.25, 0.3) is 0 Å². The van der Waals surface area contributed by atoms with Crippen LogP contribution in [0.25, 0.3) is 0 Å². The Morgan fingerprint density at radius 1 is 0.318 bits per heavy atom. The molecular weight excluding hydrogens is 1040 g/mol. The fourth-order valence-electron chi connectivity index (χ4n) is 12.8. The fourth-order valence-corrected chi connectivity index (χ4v) is 12.8. The van der Waals surface area contributed by atoms with Crippen LogP contribution < -0.4 is 5.32 Å². The van der Waals surface area contributed by atoms with E-state index in [-0.39, 0.29) is 18.5 Å². The molecule has 0 rings (SSSR count). The summed E-state index contributed by atoms with van der Waals surface area (Å²) in [6, 6.07) is -0.539. The van der Waals surface area contributed by atoms with Crippen molar-refractivity contribution >= 4 is 11.9 Å². The van der Waals surface area contributed by atoms with Crippen LogP contribution >= 0.6 is 0 Å². The zero-order chi connectivity index (χ0) is 61.3. The monoisotopic (exact) mass is 1200 g/mol. The number of hydrogen-bond acceptors (Lipinski definition) is 5. The zero-order valence-corrected chi connectivity index (χ0v) is 58.1. The number of aliphatic hydroxyl groups excluding tert-OH is 2. The molecule has 0 bridgehead atoms. The molecule has 0 aromatic rings. The van der Waals surface area contributed by atoms with Gasteiger partial charge in [0.2, 0.25) is 5.91 Å². The molecule has 0 aliphatic rings. The lowest BCUT2D eigenvalue weighted by atomic mass is 10.0. The molecule has 0 spiro atoms. The highest BCUT2D eigenvalue weighted by molar-refractivity contribution is 5.76. The molecule has 2 unspecified atom stereocenters. The Bertz CT molecular complexity index is 1290. The molecule has 2 atom stereocenters. The number of rotatable bonds is 75. The third-order valence-electron chi connectivity index (χ3n) is 18.8. The molecule has 0 aliphatic heterocycles. The number of unbranched alkanes of at least 4 members (excludes halogenated alkanes) is 62. The van der Waals surface area contributed by atoms with Crippen molar-refractivity contribution in [2.45, 2.75) is 469 Å². The summed E-state index contributed by atoms with van der Waals surface area (Å²) in [5, 5.41) is 23.4. The molecule has 6 heteroatoms. The van der Waals surface area contributed by atoms with E-state index in [9.17, 15) is 19.8 Å². The van der Waals surface area contributed by atoms with Gasteiger partial charge in [-0.2, -0.15) is 0 Å². The van der Waals surface area contributed by atoms with Gasteiger partial charge in [-0.15, -0.1) is 0 Å². The number of amides is 1. The molecule has 1 amide bonds. The maximum atomic E-state index is 12.6. The van der Waals surface area contributed by atoms with E-state index in [4.69, 9.17) is 4.74 Å². The van der Waals surface area contributed by atoms with Crippen LogP contribution in [0.5, 0.6) is 0 Å². The van der Waals surface area contributed by atoms with Crippen molar-refractivity contribution < 1.29 is 24.5 Å². The van der Waals surface area contributed by atoms with E-state index in [0.29, 0.717) is 25.9 Å². The molecule has 0 radical (unpaired) electrons. The lowest BCUT2D eigenvalue weighted by Gasteiger charge is -2.22. The zero-order valence-electron chi connectivity index (χ0n) is 58.1. The lowest BCUT2D eigenvalue weighted by Crippen LogP contribution is -2.45. The largest absolute Gasteiger partial charge is 0.466 e. The second kappa shape index (κ2) is 75.1. The van der Waals surface area contributed by atoms with E-state index in [2.05, 4.69) is 31.3 Å². The number of carbonyl (C=O) groups excluding carboxylic acids is 2. The second-order valence-corrected chi connectivity index (χ2v) is 27.4. The van der Waals surface area contributed by atoms with E-state index in [1.54, 1.807) is 0 Å². The van der Waals surface area contributed by atoms with Gasteiger partial charge in [0, 0.05) is 12.8 Å². The fraction of sp³-hybridized carbons (Fsp3) is 0.949. The minimum Gasteiger partial charge on any atom is -0.466 e. The van der Waals surface area contributed by atoms with Gasteiger partial charge in [-0.05, 0) is 51.4 Å². The summed E-state index contributed by atoms with van der Waals surface area (Å²) in [6.45, 7) is 5.01. The smallest absolute Gasteiger partial charge is 0.305 e. The maximum absolute atomic E-state index is 12.6. The van der Waals surface area contributed by atoms with Crippen LogP contribution in [-0.2, 0) is 14.3 Å². The Hall–Kier alpha value is -1.40. The van der Waals surface area contributed by atoms with Gasteiger partial charge in [-0.3, -0.25) is 9.59 Å². The van der Waals surface area contributed by atoms with E-state index in [0.717, 1.165) is 38.5 Å². The first-order valence-corrected chi connectivity index (χ1v) is 39.4. The van der Waals surface area contributed by atoms with Crippen molar-refractivity contribution in [1.82, 2.24) is 5.32 Å². The quantitative estimate of drug-likeness (QED) is 0.0320. The summed E-state index contributed by atoms with van der Waals surface area (Å²) in [7, 11) is 0. The van der Waals surface area contributed by atoms with Crippen LogP contribution in [0.2, 0.25) is 0 Å². The highest BCUT2D eigenvalue weighted by Crippen LogP contribution is 2.20. The number of aliphatic hydroxyl groups is 2. The highest BCUT2D eigenvalue weighted by atomic mass is 16.5. The molecule has 0 fully saturated rings. The van der Waals surface area contributed by atoms with Gasteiger partial charge in [0.05, 0.1) is 25.4 Å². The molecule has 0 saturated carbocycles. The molecule has 0 saturated heterocycles. The molecule has 506 valence electrons. The predicted molar refractivity (Wildman–Crippen MR) is 375 cm³/mol. The van der Waals surface area contributed by atoms with Crippen molar-refractivity contribution in [3.63, 3.8) is 0 Å². The van der Waals surface area contributed by atoms with Crippen molar-refractivity contribution in [3.8, 4) is 0 Å². The maximum Gasteiger partial charge on any atom is 0.305 e. The molecule has 0 aromatic carbocycles. The summed E-state index contributed by atoms with van der Waals surface area (Å²) in [4.78, 5) is 24.6. The topological polar surface area (TPSA) is 95.9 Å². The van der Waals surface area contributed by atoms with Gasteiger partial charge in [0.1, 0.15) is 0 Å². The van der Waals surface area contributed by atoms with Crippen LogP contribution in [0.15, 0.2) is 12.2 Å². The summed E-state index contributed by atoms with van der Waals surface area (Å²) < 4.78 is 5.50. The molecule has 3 N–H and O–H groups in total.